The minimum absolute atomic E-state index is 0.442. The fraction of sp³-hybridized carbons (Fsp3) is 0.222. The molecule has 1 rings (SSSR count). The zero-order valence-electron chi connectivity index (χ0n) is 8.06. The molecule has 0 aromatic heterocycles. The summed E-state index contributed by atoms with van der Waals surface area (Å²) in [5, 5.41) is 0. The molecule has 0 atom stereocenters. The van der Waals surface area contributed by atoms with Gasteiger partial charge >= 0.3 is 12.1 Å². The van der Waals surface area contributed by atoms with Crippen LogP contribution in [0.1, 0.15) is 15.9 Å². The Kier molecular flexibility index (Phi) is 3.06. The average molecular weight is 237 g/mol. The standard InChI is InChI=1S/C9H7F4NO2/c1-16-8(15)6-4(9(11,12)13)2-3-5(10)7(6)14/h2-3H,14H2,1H3. The fourth-order valence-electron chi connectivity index (χ4n) is 1.15. The average Bonchev–Trinajstić information content (AvgIpc) is 2.19. The summed E-state index contributed by atoms with van der Waals surface area (Å²) >= 11 is 0. The second-order valence-electron chi connectivity index (χ2n) is 2.87. The first-order chi connectivity index (χ1) is 7.29. The molecule has 7 heteroatoms. The topological polar surface area (TPSA) is 52.3 Å². The SMILES string of the molecule is COC(=O)c1c(C(F)(F)F)ccc(F)c1N. The second-order valence-corrected chi connectivity index (χ2v) is 2.87. The first-order valence-electron chi connectivity index (χ1n) is 4.02. The zero-order valence-corrected chi connectivity index (χ0v) is 8.06. The number of carbonyl (C=O) groups excluding carboxylic acids is 1. The first-order valence-corrected chi connectivity index (χ1v) is 4.02. The minimum Gasteiger partial charge on any atom is -0.465 e. The van der Waals surface area contributed by atoms with Gasteiger partial charge in [-0.15, -0.1) is 0 Å². The summed E-state index contributed by atoms with van der Waals surface area (Å²) in [6.07, 6.45) is -4.80. The van der Waals surface area contributed by atoms with Gasteiger partial charge in [-0.25, -0.2) is 9.18 Å². The number of methoxy groups -OCH3 is 1. The Hall–Kier alpha value is -1.79. The molecule has 0 unspecified atom stereocenters. The molecule has 0 heterocycles. The van der Waals surface area contributed by atoms with Gasteiger partial charge in [0.2, 0.25) is 0 Å². The summed E-state index contributed by atoms with van der Waals surface area (Å²) in [6.45, 7) is 0. The number of hydrogen-bond donors (Lipinski definition) is 1. The highest BCUT2D eigenvalue weighted by atomic mass is 19.4. The first kappa shape index (κ1) is 12.3. The summed E-state index contributed by atoms with van der Waals surface area (Å²) in [7, 11) is 0.882. The molecule has 16 heavy (non-hydrogen) atoms. The van der Waals surface area contributed by atoms with Crippen molar-refractivity contribution in [1.29, 1.82) is 0 Å². The lowest BCUT2D eigenvalue weighted by atomic mass is 10.0. The number of esters is 1. The lowest BCUT2D eigenvalue weighted by molar-refractivity contribution is -0.138. The van der Waals surface area contributed by atoms with Crippen LogP contribution in [0, 0.1) is 5.82 Å². The molecule has 3 nitrogen and oxygen atoms in total. The van der Waals surface area contributed by atoms with Crippen LogP contribution in [-0.4, -0.2) is 13.1 Å². The quantitative estimate of drug-likeness (QED) is 0.463. The molecule has 0 aliphatic rings. The molecule has 1 aromatic carbocycles. The zero-order chi connectivity index (χ0) is 12.5. The van der Waals surface area contributed by atoms with Gasteiger partial charge in [-0.2, -0.15) is 13.2 Å². The van der Waals surface area contributed by atoms with Crippen molar-refractivity contribution in [2.75, 3.05) is 12.8 Å². The third kappa shape index (κ3) is 2.07. The van der Waals surface area contributed by atoms with Crippen LogP contribution in [0.2, 0.25) is 0 Å². The Labute approximate surface area is 87.8 Å². The van der Waals surface area contributed by atoms with Crippen molar-refractivity contribution in [3.8, 4) is 0 Å². The number of nitrogen functional groups attached to an aromatic ring is 1. The second kappa shape index (κ2) is 3.99. The molecule has 0 bridgehead atoms. The van der Waals surface area contributed by atoms with Crippen LogP contribution in [0.15, 0.2) is 12.1 Å². The summed E-state index contributed by atoms with van der Waals surface area (Å²) in [6, 6.07) is 0.989. The molecule has 0 radical (unpaired) electrons. The van der Waals surface area contributed by atoms with Crippen LogP contribution in [0.4, 0.5) is 23.2 Å². The minimum atomic E-state index is -4.80. The van der Waals surface area contributed by atoms with Gasteiger partial charge in [0.05, 0.1) is 23.9 Å². The molecule has 1 aromatic rings. The molecule has 0 saturated carbocycles. The maximum Gasteiger partial charge on any atom is 0.417 e. The fourth-order valence-corrected chi connectivity index (χ4v) is 1.15. The van der Waals surface area contributed by atoms with E-state index < -0.39 is 34.8 Å². The van der Waals surface area contributed by atoms with Crippen LogP contribution in [-0.2, 0) is 10.9 Å². The Morgan fingerprint density at radius 1 is 1.38 bits per heavy atom. The van der Waals surface area contributed by atoms with E-state index in [0.717, 1.165) is 7.11 Å². The van der Waals surface area contributed by atoms with Crippen molar-refractivity contribution in [3.05, 3.63) is 29.1 Å². The summed E-state index contributed by atoms with van der Waals surface area (Å²) in [5.41, 5.74) is 1.88. The van der Waals surface area contributed by atoms with Crippen molar-refractivity contribution in [2.24, 2.45) is 0 Å². The van der Waals surface area contributed by atoms with E-state index in [0.29, 0.717) is 12.1 Å². The monoisotopic (exact) mass is 237 g/mol. The maximum absolute atomic E-state index is 12.9. The van der Waals surface area contributed by atoms with Gasteiger partial charge in [0, 0.05) is 0 Å². The Bertz CT molecular complexity index is 428. The van der Waals surface area contributed by atoms with Crippen molar-refractivity contribution < 1.29 is 27.1 Å². The van der Waals surface area contributed by atoms with E-state index >= 15 is 0 Å². The van der Waals surface area contributed by atoms with Gasteiger partial charge in [-0.3, -0.25) is 0 Å². The summed E-state index contributed by atoms with van der Waals surface area (Å²) in [5.74, 6) is -2.43. The van der Waals surface area contributed by atoms with Crippen molar-refractivity contribution in [2.45, 2.75) is 6.18 Å². The molecule has 0 fully saturated rings. The number of hydrogen-bond acceptors (Lipinski definition) is 3. The molecule has 0 amide bonds. The third-order valence-electron chi connectivity index (χ3n) is 1.89. The molecule has 0 saturated heterocycles. The van der Waals surface area contributed by atoms with Crippen LogP contribution < -0.4 is 5.73 Å². The van der Waals surface area contributed by atoms with E-state index in [1.165, 1.54) is 0 Å². The van der Waals surface area contributed by atoms with Crippen molar-refractivity contribution in [1.82, 2.24) is 0 Å². The van der Waals surface area contributed by atoms with Gasteiger partial charge in [-0.1, -0.05) is 0 Å². The van der Waals surface area contributed by atoms with E-state index in [-0.39, 0.29) is 0 Å². The summed E-state index contributed by atoms with van der Waals surface area (Å²) in [4.78, 5) is 11.1. The molecular weight excluding hydrogens is 230 g/mol. The van der Waals surface area contributed by atoms with Crippen molar-refractivity contribution >= 4 is 11.7 Å². The van der Waals surface area contributed by atoms with E-state index in [2.05, 4.69) is 4.74 Å². The van der Waals surface area contributed by atoms with Gasteiger partial charge in [0.25, 0.3) is 0 Å². The Morgan fingerprint density at radius 2 is 1.94 bits per heavy atom. The lowest BCUT2D eigenvalue weighted by Crippen LogP contribution is -2.17. The lowest BCUT2D eigenvalue weighted by Gasteiger charge is -2.13. The van der Waals surface area contributed by atoms with Gasteiger partial charge < -0.3 is 10.5 Å². The summed E-state index contributed by atoms with van der Waals surface area (Å²) < 4.78 is 54.5. The van der Waals surface area contributed by atoms with Crippen LogP contribution >= 0.6 is 0 Å². The van der Waals surface area contributed by atoms with E-state index in [1.54, 1.807) is 0 Å². The normalized spacial score (nSPS) is 11.3. The molecule has 88 valence electrons. The number of halogens is 4. The Morgan fingerprint density at radius 3 is 2.38 bits per heavy atom. The number of anilines is 1. The third-order valence-corrected chi connectivity index (χ3v) is 1.89. The van der Waals surface area contributed by atoms with Crippen molar-refractivity contribution in [3.63, 3.8) is 0 Å². The molecule has 0 aliphatic carbocycles. The number of alkyl halides is 3. The number of ether oxygens (including phenoxy) is 1. The maximum atomic E-state index is 12.9. The van der Waals surface area contributed by atoms with Crippen LogP contribution in [0.25, 0.3) is 0 Å². The van der Waals surface area contributed by atoms with Gasteiger partial charge in [0.15, 0.2) is 0 Å². The predicted molar refractivity (Wildman–Crippen MR) is 47.2 cm³/mol. The van der Waals surface area contributed by atoms with Crippen LogP contribution in [0.3, 0.4) is 0 Å². The Balaban J connectivity index is 3.51. The van der Waals surface area contributed by atoms with Gasteiger partial charge in [-0.05, 0) is 12.1 Å². The molecule has 0 spiro atoms. The largest absolute Gasteiger partial charge is 0.465 e. The predicted octanol–water partition coefficient (Wildman–Crippen LogP) is 2.21. The van der Waals surface area contributed by atoms with Gasteiger partial charge in [0.1, 0.15) is 5.82 Å². The highest BCUT2D eigenvalue weighted by Crippen LogP contribution is 2.35. The number of benzene rings is 1. The van der Waals surface area contributed by atoms with E-state index in [9.17, 15) is 22.4 Å². The van der Waals surface area contributed by atoms with Crippen LogP contribution in [0.5, 0.6) is 0 Å². The number of nitrogens with two attached hydrogens (primary N) is 1. The number of rotatable bonds is 1. The highest BCUT2D eigenvalue weighted by molar-refractivity contribution is 5.97. The smallest absolute Gasteiger partial charge is 0.417 e. The van der Waals surface area contributed by atoms with E-state index in [1.807, 2.05) is 0 Å². The number of carbonyl (C=O) groups is 1. The highest BCUT2D eigenvalue weighted by Gasteiger charge is 2.37. The molecule has 2 N–H and O–H groups in total. The molecular formula is C9H7F4NO2. The van der Waals surface area contributed by atoms with E-state index in [4.69, 9.17) is 5.73 Å². The molecule has 0 aliphatic heterocycles.